The normalized spacial score (nSPS) is 22.9. The number of ketones is 1. The Balaban J connectivity index is 1.87. The molecule has 0 aliphatic carbocycles. The van der Waals surface area contributed by atoms with Crippen LogP contribution < -0.4 is 14.8 Å². The van der Waals surface area contributed by atoms with Crippen LogP contribution in [0.15, 0.2) is 48.5 Å². The van der Waals surface area contributed by atoms with Crippen LogP contribution in [0.1, 0.15) is 49.4 Å². The van der Waals surface area contributed by atoms with E-state index in [0.29, 0.717) is 12.2 Å². The van der Waals surface area contributed by atoms with Gasteiger partial charge in [0, 0.05) is 11.1 Å². The zero-order valence-electron chi connectivity index (χ0n) is 15.8. The molecule has 2 aromatic carbocycles. The maximum atomic E-state index is 12.9. The molecule has 2 aromatic rings. The van der Waals surface area contributed by atoms with Gasteiger partial charge >= 0.3 is 0 Å². The third-order valence-electron chi connectivity index (χ3n) is 5.35. The van der Waals surface area contributed by atoms with Gasteiger partial charge in [-0.2, -0.15) is 0 Å². The highest BCUT2D eigenvalue weighted by Crippen LogP contribution is 2.32. The van der Waals surface area contributed by atoms with Crippen LogP contribution >= 0.6 is 0 Å². The predicted molar refractivity (Wildman–Crippen MR) is 101 cm³/mol. The monoisotopic (exact) mass is 354 g/mol. The third-order valence-corrected chi connectivity index (χ3v) is 5.35. The van der Waals surface area contributed by atoms with Gasteiger partial charge in [0.25, 0.3) is 0 Å². The van der Waals surface area contributed by atoms with E-state index in [0.717, 1.165) is 24.3 Å². The quantitative estimate of drug-likeness (QED) is 0.865. The topological polar surface area (TPSA) is 52.1 Å². The fraction of sp³-hybridized carbons (Fsp3) is 0.409. The summed E-state index contributed by atoms with van der Waals surface area (Å²) in [5.74, 6) is 2.12. The third kappa shape index (κ3) is 3.91. The number of benzene rings is 2. The second-order valence-electron chi connectivity index (χ2n) is 6.94. The highest BCUT2D eigenvalue weighted by molar-refractivity contribution is 5.83. The summed E-state index contributed by atoms with van der Waals surface area (Å²) in [6.45, 7) is 2.15. The summed E-state index contributed by atoms with van der Waals surface area (Å²) in [6.07, 6.45) is 2.54. The lowest BCUT2D eigenvalue weighted by molar-refractivity contribution is -0.743. The van der Waals surface area contributed by atoms with E-state index < -0.39 is 0 Å². The van der Waals surface area contributed by atoms with Crippen molar-refractivity contribution in [3.63, 3.8) is 0 Å². The average molecular weight is 354 g/mol. The molecule has 1 fully saturated rings. The number of hydrogen-bond donors (Lipinski definition) is 1. The van der Waals surface area contributed by atoms with Gasteiger partial charge in [0.1, 0.15) is 29.4 Å². The number of ether oxygens (including phenoxy) is 2. The molecule has 4 nitrogen and oxygen atoms in total. The van der Waals surface area contributed by atoms with Crippen LogP contribution in [0, 0.1) is 5.92 Å². The Morgan fingerprint density at radius 1 is 0.923 bits per heavy atom. The van der Waals surface area contributed by atoms with Crippen molar-refractivity contribution < 1.29 is 19.6 Å². The van der Waals surface area contributed by atoms with Crippen molar-refractivity contribution in [1.29, 1.82) is 0 Å². The van der Waals surface area contributed by atoms with Crippen molar-refractivity contribution in [3.8, 4) is 11.5 Å². The van der Waals surface area contributed by atoms with E-state index in [-0.39, 0.29) is 18.0 Å². The van der Waals surface area contributed by atoms with Gasteiger partial charge in [-0.15, -0.1) is 0 Å². The standard InChI is InChI=1S/C22H27NO3/c1-4-5-19-21(24)14-20(15-6-10-17(25-2)11-7-15)23-22(19)16-8-12-18(26-3)13-9-16/h6-13,19-20,22-23H,4-5,14H2,1-3H3/p+1/t19-,20-,22-/m1/s1. The summed E-state index contributed by atoms with van der Waals surface area (Å²) in [5.41, 5.74) is 2.36. The molecule has 1 heterocycles. The molecule has 1 aliphatic heterocycles. The summed E-state index contributed by atoms with van der Waals surface area (Å²) in [6, 6.07) is 16.5. The molecule has 3 atom stereocenters. The van der Waals surface area contributed by atoms with Crippen molar-refractivity contribution in [3.05, 3.63) is 59.7 Å². The van der Waals surface area contributed by atoms with Crippen LogP contribution in [-0.2, 0) is 4.79 Å². The summed E-state index contributed by atoms with van der Waals surface area (Å²) < 4.78 is 10.5. The minimum atomic E-state index is 0.0721. The van der Waals surface area contributed by atoms with Gasteiger partial charge in [0.2, 0.25) is 0 Å². The molecule has 0 amide bonds. The Hall–Kier alpha value is -2.33. The van der Waals surface area contributed by atoms with Gasteiger partial charge in [-0.25, -0.2) is 0 Å². The molecule has 0 bridgehead atoms. The maximum Gasteiger partial charge on any atom is 0.148 e. The molecule has 138 valence electrons. The highest BCUT2D eigenvalue weighted by atomic mass is 16.5. The summed E-state index contributed by atoms with van der Waals surface area (Å²) >= 11 is 0. The number of carbonyl (C=O) groups is 1. The van der Waals surface area contributed by atoms with Gasteiger partial charge in [0.05, 0.1) is 26.6 Å². The Morgan fingerprint density at radius 2 is 1.46 bits per heavy atom. The van der Waals surface area contributed by atoms with Crippen molar-refractivity contribution in [2.24, 2.45) is 5.92 Å². The average Bonchev–Trinajstić information content (AvgIpc) is 2.69. The van der Waals surface area contributed by atoms with Crippen molar-refractivity contribution in [2.45, 2.75) is 38.3 Å². The lowest BCUT2D eigenvalue weighted by Gasteiger charge is -2.34. The molecular weight excluding hydrogens is 326 g/mol. The minimum Gasteiger partial charge on any atom is -0.497 e. The summed E-state index contributed by atoms with van der Waals surface area (Å²) in [5, 5.41) is 2.37. The fourth-order valence-corrected chi connectivity index (χ4v) is 3.92. The molecular formula is C22H28NO3+. The van der Waals surface area contributed by atoms with E-state index >= 15 is 0 Å². The number of carbonyl (C=O) groups excluding carboxylic acids is 1. The SMILES string of the molecule is CCC[C@@H]1C(=O)C[C@H](c2ccc(OC)cc2)[NH2+][C@@H]1c1ccc(OC)cc1. The zero-order valence-corrected chi connectivity index (χ0v) is 15.8. The molecule has 0 radical (unpaired) electrons. The first kappa shape index (κ1) is 18.5. The van der Waals surface area contributed by atoms with E-state index in [1.165, 1.54) is 11.1 Å². The van der Waals surface area contributed by atoms with E-state index in [1.807, 2.05) is 24.3 Å². The smallest absolute Gasteiger partial charge is 0.148 e. The number of piperidine rings is 1. The molecule has 26 heavy (non-hydrogen) atoms. The minimum absolute atomic E-state index is 0.0721. The second-order valence-corrected chi connectivity index (χ2v) is 6.94. The van der Waals surface area contributed by atoms with Crippen LogP contribution in [0.4, 0.5) is 0 Å². The summed E-state index contributed by atoms with van der Waals surface area (Å²) in [4.78, 5) is 12.9. The Kier molecular flexibility index (Phi) is 5.94. The molecule has 0 saturated carbocycles. The van der Waals surface area contributed by atoms with Gasteiger partial charge in [-0.05, 0) is 55.0 Å². The molecule has 1 saturated heterocycles. The van der Waals surface area contributed by atoms with E-state index in [2.05, 4.69) is 36.5 Å². The van der Waals surface area contributed by atoms with Crippen LogP contribution in [-0.4, -0.2) is 20.0 Å². The number of quaternary nitrogens is 1. The van der Waals surface area contributed by atoms with E-state index in [1.54, 1.807) is 14.2 Å². The Labute approximate surface area is 155 Å². The lowest BCUT2D eigenvalue weighted by atomic mass is 9.79. The van der Waals surface area contributed by atoms with Crippen LogP contribution in [0.25, 0.3) is 0 Å². The van der Waals surface area contributed by atoms with Gasteiger partial charge in [0.15, 0.2) is 0 Å². The van der Waals surface area contributed by atoms with Gasteiger partial charge in [-0.3, -0.25) is 4.79 Å². The number of Topliss-reactive ketones (excluding diaryl/α,β-unsaturated/α-hetero) is 1. The first-order valence-corrected chi connectivity index (χ1v) is 9.31. The number of rotatable bonds is 6. The first-order valence-electron chi connectivity index (χ1n) is 9.31. The van der Waals surface area contributed by atoms with Crippen LogP contribution in [0.2, 0.25) is 0 Å². The van der Waals surface area contributed by atoms with Crippen molar-refractivity contribution in [2.75, 3.05) is 14.2 Å². The second kappa shape index (κ2) is 8.37. The maximum absolute atomic E-state index is 12.9. The zero-order chi connectivity index (χ0) is 18.5. The van der Waals surface area contributed by atoms with Crippen LogP contribution in [0.5, 0.6) is 11.5 Å². The van der Waals surface area contributed by atoms with E-state index in [9.17, 15) is 4.79 Å². The Morgan fingerprint density at radius 3 is 1.96 bits per heavy atom. The Bertz CT molecular complexity index is 724. The van der Waals surface area contributed by atoms with Crippen molar-refractivity contribution in [1.82, 2.24) is 0 Å². The van der Waals surface area contributed by atoms with Gasteiger partial charge in [-0.1, -0.05) is 13.3 Å². The number of nitrogens with two attached hydrogens (primary N) is 1. The molecule has 3 rings (SSSR count). The molecule has 1 aliphatic rings. The lowest BCUT2D eigenvalue weighted by Crippen LogP contribution is -2.90. The first-order chi connectivity index (χ1) is 12.7. The number of hydrogen-bond acceptors (Lipinski definition) is 3. The molecule has 0 aromatic heterocycles. The van der Waals surface area contributed by atoms with Gasteiger partial charge < -0.3 is 14.8 Å². The summed E-state index contributed by atoms with van der Waals surface area (Å²) in [7, 11) is 3.34. The van der Waals surface area contributed by atoms with E-state index in [4.69, 9.17) is 9.47 Å². The molecule has 2 N–H and O–H groups in total. The largest absolute Gasteiger partial charge is 0.497 e. The number of methoxy groups -OCH3 is 2. The highest BCUT2D eigenvalue weighted by Gasteiger charge is 2.40. The molecule has 0 spiro atoms. The molecule has 4 heteroatoms. The van der Waals surface area contributed by atoms with Crippen LogP contribution in [0.3, 0.4) is 0 Å². The molecule has 0 unspecified atom stereocenters. The van der Waals surface area contributed by atoms with Crippen molar-refractivity contribution >= 4 is 5.78 Å². The predicted octanol–water partition coefficient (Wildman–Crippen LogP) is 3.44. The fourth-order valence-electron chi connectivity index (χ4n) is 3.92.